The Morgan fingerprint density at radius 3 is 2.33 bits per heavy atom. The third-order valence-electron chi connectivity index (χ3n) is 3.25. The fraction of sp³-hybridized carbons (Fsp3) is 0.0588. The van der Waals surface area contributed by atoms with Crippen molar-refractivity contribution in [1.82, 2.24) is 0 Å². The van der Waals surface area contributed by atoms with E-state index in [1.165, 1.54) is 21.5 Å². The van der Waals surface area contributed by atoms with Crippen molar-refractivity contribution in [3.8, 4) is 0 Å². The van der Waals surface area contributed by atoms with E-state index < -0.39 is 0 Å². The summed E-state index contributed by atoms with van der Waals surface area (Å²) in [7, 11) is 0. The Balaban J connectivity index is 0.00000120. The van der Waals surface area contributed by atoms with Gasteiger partial charge >= 0.3 is 32.7 Å². The van der Waals surface area contributed by atoms with Gasteiger partial charge in [-0.05, 0) is 5.39 Å². The van der Waals surface area contributed by atoms with E-state index in [2.05, 4.69) is 62.0 Å². The van der Waals surface area contributed by atoms with Gasteiger partial charge in [0.25, 0.3) is 0 Å². The Bertz CT molecular complexity index is 764. The first kappa shape index (κ1) is 13.5. The van der Waals surface area contributed by atoms with Crippen LogP contribution >= 0.6 is 0 Å². The molecule has 0 amide bonds. The van der Waals surface area contributed by atoms with Crippen LogP contribution in [0.15, 0.2) is 43.0 Å². The van der Waals surface area contributed by atoms with Gasteiger partial charge in [-0.25, -0.2) is 0 Å². The molecule has 0 atom stereocenters. The molecule has 0 saturated carbocycles. The van der Waals surface area contributed by atoms with Crippen LogP contribution in [0.3, 0.4) is 0 Å². The van der Waals surface area contributed by atoms with E-state index in [1.54, 1.807) is 0 Å². The van der Waals surface area contributed by atoms with Crippen LogP contribution in [0, 0.1) is 6.07 Å². The number of benzene rings is 3. The van der Waals surface area contributed by atoms with Gasteiger partial charge in [0.15, 0.2) is 0 Å². The van der Waals surface area contributed by atoms with Gasteiger partial charge in [-0.2, -0.15) is 0 Å². The Morgan fingerprint density at radius 1 is 1.06 bits per heavy atom. The molecule has 82 valence electrons. The monoisotopic (exact) mass is 306 g/mol. The predicted octanol–water partition coefficient (Wildman–Crippen LogP) is 3.95. The summed E-state index contributed by atoms with van der Waals surface area (Å²) in [6.45, 7) is 5.94. The van der Waals surface area contributed by atoms with E-state index in [9.17, 15) is 0 Å². The van der Waals surface area contributed by atoms with Gasteiger partial charge in [0.1, 0.15) is 0 Å². The Labute approximate surface area is 132 Å². The molecule has 0 aromatic heterocycles. The van der Waals surface area contributed by atoms with Crippen LogP contribution in [0.25, 0.3) is 33.7 Å². The molecule has 3 rings (SSSR count). The molecule has 0 aliphatic carbocycles. The van der Waals surface area contributed by atoms with Gasteiger partial charge in [0.05, 0.1) is 0 Å². The molecule has 18 heavy (non-hydrogen) atoms. The molecule has 0 radical (unpaired) electrons. The van der Waals surface area contributed by atoms with Crippen molar-refractivity contribution in [3.63, 3.8) is 0 Å². The van der Waals surface area contributed by atoms with E-state index in [0.717, 1.165) is 10.8 Å². The largest absolute Gasteiger partial charge is 3.00 e. The second-order valence-corrected chi connectivity index (χ2v) is 4.15. The molecule has 0 N–H and O–H groups in total. The first-order chi connectivity index (χ1) is 8.35. The van der Waals surface area contributed by atoms with E-state index in [4.69, 9.17) is 0 Å². The summed E-state index contributed by atoms with van der Waals surface area (Å²) in [5.41, 5.74) is 1.09. The van der Waals surface area contributed by atoms with Crippen LogP contribution in [-0.2, 0) is 32.7 Å². The third-order valence-corrected chi connectivity index (χ3v) is 3.25. The Morgan fingerprint density at radius 2 is 1.72 bits per heavy atom. The van der Waals surface area contributed by atoms with Crippen molar-refractivity contribution in [2.45, 2.75) is 6.92 Å². The van der Waals surface area contributed by atoms with Crippen LogP contribution in [0.4, 0.5) is 0 Å². The fourth-order valence-corrected chi connectivity index (χ4v) is 2.46. The summed E-state index contributed by atoms with van der Waals surface area (Å²) in [4.78, 5) is 0. The molecule has 0 bridgehead atoms. The van der Waals surface area contributed by atoms with Gasteiger partial charge in [-0.1, -0.05) is 59.5 Å². The molecule has 3 aromatic rings. The number of hydrogen-bond donors (Lipinski definition) is 0. The molecule has 0 fully saturated rings. The van der Waals surface area contributed by atoms with Gasteiger partial charge < -0.3 is 0 Å². The van der Waals surface area contributed by atoms with Crippen LogP contribution in [0.5, 0.6) is 0 Å². The molecule has 0 spiro atoms. The van der Waals surface area contributed by atoms with Gasteiger partial charge in [-0.15, -0.1) is 35.6 Å². The molecule has 0 aliphatic rings. The maximum atomic E-state index is 3.89. The molecular weight excluding hydrogens is 293 g/mol. The quantitative estimate of drug-likeness (QED) is 0.597. The average Bonchev–Trinajstić information content (AvgIpc) is 2.40. The summed E-state index contributed by atoms with van der Waals surface area (Å²) >= 11 is 0. The minimum atomic E-state index is 0. The Kier molecular flexibility index (Phi) is 3.99. The van der Waals surface area contributed by atoms with Crippen LogP contribution in [-0.4, -0.2) is 0 Å². The van der Waals surface area contributed by atoms with Crippen molar-refractivity contribution >= 4 is 33.7 Å². The maximum absolute atomic E-state index is 3.89. The summed E-state index contributed by atoms with van der Waals surface area (Å²) < 4.78 is 0. The summed E-state index contributed by atoms with van der Waals surface area (Å²) in [6.07, 6.45) is 3.99. The molecule has 0 aliphatic heterocycles. The normalized spacial score (nSPS) is 11.7. The second-order valence-electron chi connectivity index (χ2n) is 4.15. The van der Waals surface area contributed by atoms with Crippen molar-refractivity contribution < 1.29 is 32.7 Å². The molecule has 0 saturated heterocycles. The van der Waals surface area contributed by atoms with Gasteiger partial charge in [0.2, 0.25) is 0 Å². The van der Waals surface area contributed by atoms with Crippen LogP contribution in [0.1, 0.15) is 12.5 Å². The van der Waals surface area contributed by atoms with Crippen molar-refractivity contribution in [1.29, 1.82) is 0 Å². The fourth-order valence-electron chi connectivity index (χ4n) is 2.46. The first-order valence-corrected chi connectivity index (χ1v) is 5.80. The molecule has 0 nitrogen and oxygen atoms in total. The maximum Gasteiger partial charge on any atom is 3.00 e. The second kappa shape index (κ2) is 5.34. The topological polar surface area (TPSA) is 0 Å². The van der Waals surface area contributed by atoms with Gasteiger partial charge in [0, 0.05) is 0 Å². The SMILES string of the molecule is C=Cc1[c-]/c(=C/C)c2cccc3cccc1c32.[Y+3]. The molecule has 0 heterocycles. The minimum Gasteiger partial charge on any atom is -0.143 e. The standard InChI is InChI=1S/C17H13.Y/c1-3-12-11-13(4-2)16-10-6-8-14-7-5-9-15(12)17(14)16;/h3-10H,1H2,2H3;/q-1;+3/b13-4-;. The third kappa shape index (κ3) is 1.94. The first-order valence-electron chi connectivity index (χ1n) is 5.80. The van der Waals surface area contributed by atoms with Crippen molar-refractivity contribution in [3.05, 3.63) is 59.8 Å². The Hall–Kier alpha value is -0.976. The smallest absolute Gasteiger partial charge is 0.143 e. The minimum absolute atomic E-state index is 0. The van der Waals surface area contributed by atoms with Crippen LogP contribution in [0.2, 0.25) is 0 Å². The zero-order valence-corrected chi connectivity index (χ0v) is 13.2. The summed E-state index contributed by atoms with van der Waals surface area (Å²) in [5.74, 6) is 0. The predicted molar refractivity (Wildman–Crippen MR) is 75.7 cm³/mol. The van der Waals surface area contributed by atoms with E-state index >= 15 is 0 Å². The molecule has 1 heteroatoms. The summed E-state index contributed by atoms with van der Waals surface area (Å²) in [5, 5.41) is 6.26. The van der Waals surface area contributed by atoms with Crippen molar-refractivity contribution in [2.24, 2.45) is 0 Å². The van der Waals surface area contributed by atoms with E-state index in [0.29, 0.717) is 0 Å². The zero-order valence-electron chi connectivity index (χ0n) is 10.4. The number of hydrogen-bond acceptors (Lipinski definition) is 0. The van der Waals surface area contributed by atoms with Gasteiger partial charge in [-0.3, -0.25) is 0 Å². The average molecular weight is 306 g/mol. The molecular formula is C17H13Y+2. The van der Waals surface area contributed by atoms with E-state index in [-0.39, 0.29) is 32.7 Å². The molecule has 0 unspecified atom stereocenters. The van der Waals surface area contributed by atoms with Crippen LogP contribution < -0.4 is 5.22 Å². The van der Waals surface area contributed by atoms with Crippen molar-refractivity contribution in [2.75, 3.05) is 0 Å². The zero-order chi connectivity index (χ0) is 11.8. The summed E-state index contributed by atoms with van der Waals surface area (Å²) in [6, 6.07) is 16.2. The molecule has 3 aromatic carbocycles. The number of rotatable bonds is 1. The van der Waals surface area contributed by atoms with E-state index in [1.807, 2.05) is 6.08 Å².